The van der Waals surface area contributed by atoms with Crippen molar-refractivity contribution in [2.45, 2.75) is 32.2 Å². The lowest BCUT2D eigenvalue weighted by Crippen LogP contribution is -2.33. The summed E-state index contributed by atoms with van der Waals surface area (Å²) in [7, 11) is 0. The second-order valence-electron chi connectivity index (χ2n) is 5.34. The Morgan fingerprint density at radius 3 is 2.90 bits per heavy atom. The lowest BCUT2D eigenvalue weighted by atomic mass is 10.00. The lowest BCUT2D eigenvalue weighted by molar-refractivity contribution is -0.116. The number of tetrazole rings is 1. The van der Waals surface area contributed by atoms with E-state index in [4.69, 9.17) is 5.73 Å². The second kappa shape index (κ2) is 5.79. The number of carbonyl (C=O) groups excluding carboxylic acids is 1. The van der Waals surface area contributed by atoms with E-state index < -0.39 is 0 Å². The predicted octanol–water partition coefficient (Wildman–Crippen LogP) is 1.12. The average molecular weight is 274 g/mol. The monoisotopic (exact) mass is 274 g/mol. The van der Waals surface area contributed by atoms with Gasteiger partial charge in [-0.1, -0.05) is 6.07 Å². The topological polar surface area (TPSA) is 98.7 Å². The van der Waals surface area contributed by atoms with Crippen molar-refractivity contribution in [3.05, 3.63) is 30.6 Å². The van der Waals surface area contributed by atoms with Gasteiger partial charge in [-0.05, 0) is 48.9 Å². The fourth-order valence-corrected chi connectivity index (χ4v) is 1.66. The molecule has 0 saturated heterocycles. The van der Waals surface area contributed by atoms with Crippen molar-refractivity contribution >= 4 is 11.6 Å². The molecule has 2 rings (SSSR count). The van der Waals surface area contributed by atoms with Crippen LogP contribution in [0, 0.1) is 0 Å². The van der Waals surface area contributed by atoms with Gasteiger partial charge in [0.05, 0.1) is 5.69 Å². The minimum atomic E-state index is -0.342. The van der Waals surface area contributed by atoms with Gasteiger partial charge in [-0.15, -0.1) is 5.10 Å². The van der Waals surface area contributed by atoms with Crippen LogP contribution >= 0.6 is 0 Å². The van der Waals surface area contributed by atoms with Crippen LogP contribution < -0.4 is 11.1 Å². The summed E-state index contributed by atoms with van der Waals surface area (Å²) in [4.78, 5) is 11.8. The molecule has 0 aliphatic heterocycles. The zero-order valence-electron chi connectivity index (χ0n) is 11.6. The number of amides is 1. The van der Waals surface area contributed by atoms with Crippen molar-refractivity contribution in [3.63, 3.8) is 0 Å². The number of hydrogen-bond donors (Lipinski definition) is 2. The van der Waals surface area contributed by atoms with Gasteiger partial charge in [-0.2, -0.15) is 0 Å². The Labute approximate surface area is 117 Å². The van der Waals surface area contributed by atoms with Gasteiger partial charge in [-0.25, -0.2) is 4.68 Å². The Kier molecular flexibility index (Phi) is 4.09. The normalized spacial score (nSPS) is 11.3. The molecule has 7 heteroatoms. The Hall–Kier alpha value is -2.28. The molecular weight excluding hydrogens is 256 g/mol. The van der Waals surface area contributed by atoms with Gasteiger partial charge in [0.2, 0.25) is 5.91 Å². The number of rotatable bonds is 5. The van der Waals surface area contributed by atoms with Crippen LogP contribution in [0.2, 0.25) is 0 Å². The van der Waals surface area contributed by atoms with Crippen LogP contribution in [0.1, 0.15) is 26.7 Å². The molecule has 3 N–H and O–H groups in total. The van der Waals surface area contributed by atoms with Crippen molar-refractivity contribution < 1.29 is 4.79 Å². The number of nitrogens with zero attached hydrogens (tertiary/aromatic N) is 4. The highest BCUT2D eigenvalue weighted by Crippen LogP contribution is 2.14. The highest BCUT2D eigenvalue weighted by molar-refractivity contribution is 5.91. The summed E-state index contributed by atoms with van der Waals surface area (Å²) in [5, 5.41) is 13.8. The summed E-state index contributed by atoms with van der Waals surface area (Å²) in [6, 6.07) is 7.32. The number of nitrogens with one attached hydrogen (secondary N) is 1. The van der Waals surface area contributed by atoms with Gasteiger partial charge in [0.15, 0.2) is 0 Å². The van der Waals surface area contributed by atoms with Crippen LogP contribution in [0.25, 0.3) is 5.69 Å². The second-order valence-corrected chi connectivity index (χ2v) is 5.34. The molecule has 1 heterocycles. The Morgan fingerprint density at radius 1 is 1.45 bits per heavy atom. The van der Waals surface area contributed by atoms with E-state index >= 15 is 0 Å². The SMILES string of the molecule is CC(C)(N)CCC(=O)Nc1cccc(-n2cnnn2)c1. The molecule has 2 aromatic rings. The van der Waals surface area contributed by atoms with Crippen molar-refractivity contribution in [3.8, 4) is 5.69 Å². The minimum absolute atomic E-state index is 0.0580. The predicted molar refractivity (Wildman–Crippen MR) is 75.3 cm³/mol. The highest BCUT2D eigenvalue weighted by Gasteiger charge is 2.13. The summed E-state index contributed by atoms with van der Waals surface area (Å²) in [6.45, 7) is 3.80. The molecule has 0 atom stereocenters. The van der Waals surface area contributed by atoms with Gasteiger partial charge >= 0.3 is 0 Å². The van der Waals surface area contributed by atoms with E-state index in [9.17, 15) is 4.79 Å². The number of carbonyl (C=O) groups is 1. The maximum absolute atomic E-state index is 11.8. The molecular formula is C13H18N6O. The van der Waals surface area contributed by atoms with Crippen molar-refractivity contribution in [2.75, 3.05) is 5.32 Å². The third kappa shape index (κ3) is 4.13. The van der Waals surface area contributed by atoms with Crippen molar-refractivity contribution in [1.82, 2.24) is 20.2 Å². The summed E-state index contributed by atoms with van der Waals surface area (Å²) < 4.78 is 1.53. The fraction of sp³-hybridized carbons (Fsp3) is 0.385. The molecule has 0 aliphatic carbocycles. The summed E-state index contributed by atoms with van der Waals surface area (Å²) in [5.41, 5.74) is 7.01. The molecule has 0 unspecified atom stereocenters. The van der Waals surface area contributed by atoms with Gasteiger partial charge < -0.3 is 11.1 Å². The molecule has 1 aromatic heterocycles. The summed E-state index contributed by atoms with van der Waals surface area (Å²) >= 11 is 0. The zero-order valence-corrected chi connectivity index (χ0v) is 11.6. The average Bonchev–Trinajstić information content (AvgIpc) is 2.90. The van der Waals surface area contributed by atoms with E-state index in [2.05, 4.69) is 20.8 Å². The first-order chi connectivity index (χ1) is 9.44. The van der Waals surface area contributed by atoms with E-state index in [1.54, 1.807) is 0 Å². The number of anilines is 1. The molecule has 0 radical (unpaired) electrons. The van der Waals surface area contributed by atoms with Crippen LogP contribution in [-0.2, 0) is 4.79 Å². The third-order valence-electron chi connectivity index (χ3n) is 2.74. The third-order valence-corrected chi connectivity index (χ3v) is 2.74. The smallest absolute Gasteiger partial charge is 0.224 e. The largest absolute Gasteiger partial charge is 0.326 e. The maximum atomic E-state index is 11.8. The quantitative estimate of drug-likeness (QED) is 0.851. The molecule has 0 aliphatic rings. The van der Waals surface area contributed by atoms with Gasteiger partial charge in [0, 0.05) is 17.6 Å². The van der Waals surface area contributed by atoms with E-state index in [0.29, 0.717) is 18.5 Å². The molecule has 20 heavy (non-hydrogen) atoms. The standard InChI is InChI=1S/C13H18N6O/c1-13(2,14)7-6-12(20)16-10-4-3-5-11(8-10)19-9-15-17-18-19/h3-5,8-9H,6-7,14H2,1-2H3,(H,16,20). The van der Waals surface area contributed by atoms with E-state index in [1.807, 2.05) is 38.1 Å². The number of nitrogens with two attached hydrogens (primary N) is 1. The van der Waals surface area contributed by atoms with Crippen molar-refractivity contribution in [2.24, 2.45) is 5.73 Å². The molecule has 0 spiro atoms. The van der Waals surface area contributed by atoms with E-state index in [1.165, 1.54) is 11.0 Å². The molecule has 7 nitrogen and oxygen atoms in total. The number of benzene rings is 1. The molecule has 106 valence electrons. The first kappa shape index (κ1) is 14.1. The van der Waals surface area contributed by atoms with Crippen LogP contribution in [0.3, 0.4) is 0 Å². The first-order valence-electron chi connectivity index (χ1n) is 6.36. The Balaban J connectivity index is 2.00. The summed E-state index contributed by atoms with van der Waals surface area (Å²) in [6.07, 6.45) is 2.52. The molecule has 1 amide bonds. The molecule has 1 aromatic carbocycles. The first-order valence-corrected chi connectivity index (χ1v) is 6.36. The number of aromatic nitrogens is 4. The van der Waals surface area contributed by atoms with Crippen LogP contribution in [-0.4, -0.2) is 31.7 Å². The minimum Gasteiger partial charge on any atom is -0.326 e. The Bertz CT molecular complexity index is 573. The zero-order chi connectivity index (χ0) is 14.6. The van der Waals surface area contributed by atoms with Crippen LogP contribution in [0.15, 0.2) is 30.6 Å². The van der Waals surface area contributed by atoms with Crippen molar-refractivity contribution in [1.29, 1.82) is 0 Å². The molecule has 0 bridgehead atoms. The van der Waals surface area contributed by atoms with Crippen LogP contribution in [0.4, 0.5) is 5.69 Å². The van der Waals surface area contributed by atoms with Crippen LogP contribution in [0.5, 0.6) is 0 Å². The van der Waals surface area contributed by atoms with Gasteiger partial charge in [0.25, 0.3) is 0 Å². The number of hydrogen-bond acceptors (Lipinski definition) is 5. The molecule has 0 saturated carbocycles. The molecule has 0 fully saturated rings. The van der Waals surface area contributed by atoms with Gasteiger partial charge in [-0.3, -0.25) is 4.79 Å². The van der Waals surface area contributed by atoms with E-state index in [0.717, 1.165) is 5.69 Å². The van der Waals surface area contributed by atoms with Gasteiger partial charge in [0.1, 0.15) is 6.33 Å². The lowest BCUT2D eigenvalue weighted by Gasteiger charge is -2.17. The Morgan fingerprint density at radius 2 is 2.25 bits per heavy atom. The van der Waals surface area contributed by atoms with E-state index in [-0.39, 0.29) is 11.4 Å². The highest BCUT2D eigenvalue weighted by atomic mass is 16.1. The maximum Gasteiger partial charge on any atom is 0.224 e. The fourth-order valence-electron chi connectivity index (χ4n) is 1.66. The summed E-state index contributed by atoms with van der Waals surface area (Å²) in [5.74, 6) is -0.0580.